The van der Waals surface area contributed by atoms with Crippen molar-refractivity contribution in [3.8, 4) is 0 Å². The van der Waals surface area contributed by atoms with E-state index in [0.29, 0.717) is 0 Å². The van der Waals surface area contributed by atoms with Crippen molar-refractivity contribution in [1.82, 2.24) is 0 Å². The zero-order chi connectivity index (χ0) is 12.1. The zero-order valence-electron chi connectivity index (χ0n) is 8.27. The van der Waals surface area contributed by atoms with Crippen molar-refractivity contribution >= 4 is 11.6 Å². The first-order valence-corrected chi connectivity index (χ1v) is 4.60. The zero-order valence-corrected chi connectivity index (χ0v) is 8.27. The molecule has 0 unspecified atom stereocenters. The Hall–Kier alpha value is -1.56. The third-order valence-electron chi connectivity index (χ3n) is 1.87. The Balaban J connectivity index is 2.74. The predicted octanol–water partition coefficient (Wildman–Crippen LogP) is 1.81. The number of amides is 1. The molecule has 3 nitrogen and oxygen atoms in total. The van der Waals surface area contributed by atoms with Crippen molar-refractivity contribution in [2.24, 2.45) is 0 Å². The highest BCUT2D eigenvalue weighted by Gasteiger charge is 2.14. The second-order valence-corrected chi connectivity index (χ2v) is 3.10. The summed E-state index contributed by atoms with van der Waals surface area (Å²) < 4.78 is 38.4. The molecule has 0 radical (unpaired) electrons. The SMILES string of the molecule is O=C(CCCO)Nc1ccc(F)c(F)c1F. The van der Waals surface area contributed by atoms with Gasteiger partial charge >= 0.3 is 0 Å². The Morgan fingerprint density at radius 3 is 2.56 bits per heavy atom. The molecule has 1 amide bonds. The van der Waals surface area contributed by atoms with Crippen LogP contribution < -0.4 is 5.32 Å². The maximum absolute atomic E-state index is 13.1. The number of hydrogen-bond donors (Lipinski definition) is 2. The molecule has 0 aliphatic rings. The van der Waals surface area contributed by atoms with Gasteiger partial charge in [-0.25, -0.2) is 13.2 Å². The molecule has 6 heteroatoms. The summed E-state index contributed by atoms with van der Waals surface area (Å²) in [6.07, 6.45) is 0.200. The highest BCUT2D eigenvalue weighted by molar-refractivity contribution is 5.90. The lowest BCUT2D eigenvalue weighted by Crippen LogP contribution is -2.13. The fourth-order valence-corrected chi connectivity index (χ4v) is 1.07. The number of benzene rings is 1. The second-order valence-electron chi connectivity index (χ2n) is 3.10. The Labute approximate surface area is 89.9 Å². The predicted molar refractivity (Wildman–Crippen MR) is 51.3 cm³/mol. The summed E-state index contributed by atoms with van der Waals surface area (Å²) in [6.45, 7) is -0.173. The van der Waals surface area contributed by atoms with Crippen LogP contribution in [-0.2, 0) is 4.79 Å². The van der Waals surface area contributed by atoms with E-state index in [9.17, 15) is 18.0 Å². The number of aliphatic hydroxyl groups is 1. The van der Waals surface area contributed by atoms with E-state index >= 15 is 0 Å². The average molecular weight is 233 g/mol. The summed E-state index contributed by atoms with van der Waals surface area (Å²) in [7, 11) is 0. The number of carbonyl (C=O) groups is 1. The second kappa shape index (κ2) is 5.50. The van der Waals surface area contributed by atoms with E-state index < -0.39 is 29.0 Å². The first-order chi connectivity index (χ1) is 7.56. The van der Waals surface area contributed by atoms with Gasteiger partial charge in [0, 0.05) is 13.0 Å². The number of rotatable bonds is 4. The van der Waals surface area contributed by atoms with Gasteiger partial charge in [-0.05, 0) is 18.6 Å². The molecule has 0 aliphatic carbocycles. The first kappa shape index (κ1) is 12.5. The van der Waals surface area contributed by atoms with Crippen molar-refractivity contribution in [3.63, 3.8) is 0 Å². The largest absolute Gasteiger partial charge is 0.396 e. The molecule has 0 bridgehead atoms. The van der Waals surface area contributed by atoms with Gasteiger partial charge in [-0.1, -0.05) is 0 Å². The van der Waals surface area contributed by atoms with Crippen LogP contribution in [0.3, 0.4) is 0 Å². The lowest BCUT2D eigenvalue weighted by Gasteiger charge is -2.06. The van der Waals surface area contributed by atoms with Crippen molar-refractivity contribution in [3.05, 3.63) is 29.6 Å². The highest BCUT2D eigenvalue weighted by Crippen LogP contribution is 2.19. The third-order valence-corrected chi connectivity index (χ3v) is 1.87. The van der Waals surface area contributed by atoms with Gasteiger partial charge in [0.25, 0.3) is 0 Å². The van der Waals surface area contributed by atoms with Crippen LogP contribution in [-0.4, -0.2) is 17.6 Å². The summed E-state index contributed by atoms with van der Waals surface area (Å²) in [6, 6.07) is 1.66. The standard InChI is InChI=1S/C10H10F3NO2/c11-6-3-4-7(10(13)9(6)12)14-8(16)2-1-5-15/h3-4,15H,1-2,5H2,(H,14,16). The summed E-state index contributed by atoms with van der Waals surface area (Å²) >= 11 is 0. The van der Waals surface area contributed by atoms with E-state index in [1.165, 1.54) is 0 Å². The monoisotopic (exact) mass is 233 g/mol. The van der Waals surface area contributed by atoms with Gasteiger partial charge in [0.1, 0.15) is 0 Å². The van der Waals surface area contributed by atoms with Crippen molar-refractivity contribution < 1.29 is 23.1 Å². The molecule has 0 saturated carbocycles. The van der Waals surface area contributed by atoms with Crippen molar-refractivity contribution in [1.29, 1.82) is 0 Å². The van der Waals surface area contributed by atoms with E-state index in [2.05, 4.69) is 5.32 Å². The van der Waals surface area contributed by atoms with E-state index in [1.54, 1.807) is 0 Å². The maximum atomic E-state index is 13.1. The van der Waals surface area contributed by atoms with Crippen LogP contribution in [0.25, 0.3) is 0 Å². The minimum atomic E-state index is -1.63. The Bertz CT molecular complexity index is 396. The van der Waals surface area contributed by atoms with Crippen molar-refractivity contribution in [2.45, 2.75) is 12.8 Å². The fourth-order valence-electron chi connectivity index (χ4n) is 1.07. The molecule has 0 fully saturated rings. The number of aliphatic hydroxyl groups excluding tert-OH is 1. The molecule has 2 N–H and O–H groups in total. The number of hydrogen-bond acceptors (Lipinski definition) is 2. The van der Waals surface area contributed by atoms with E-state index in [0.717, 1.165) is 12.1 Å². The molecule has 0 aliphatic heterocycles. The molecule has 1 aromatic rings. The summed E-state index contributed by atoms with van der Waals surface area (Å²) in [5.74, 6) is -4.94. The summed E-state index contributed by atoms with van der Waals surface area (Å²) in [4.78, 5) is 11.1. The number of nitrogens with one attached hydrogen (secondary N) is 1. The molecule has 16 heavy (non-hydrogen) atoms. The van der Waals surface area contributed by atoms with Crippen LogP contribution in [0.1, 0.15) is 12.8 Å². The van der Waals surface area contributed by atoms with Crippen LogP contribution in [0, 0.1) is 17.5 Å². The topological polar surface area (TPSA) is 49.3 Å². The van der Waals surface area contributed by atoms with Gasteiger partial charge in [-0.15, -0.1) is 0 Å². The van der Waals surface area contributed by atoms with Crippen LogP contribution in [0.5, 0.6) is 0 Å². The van der Waals surface area contributed by atoms with Crippen LogP contribution in [0.15, 0.2) is 12.1 Å². The van der Waals surface area contributed by atoms with Gasteiger partial charge in [0.2, 0.25) is 5.91 Å². The molecular weight excluding hydrogens is 223 g/mol. The van der Waals surface area contributed by atoms with Crippen LogP contribution in [0.2, 0.25) is 0 Å². The average Bonchev–Trinajstić information content (AvgIpc) is 2.27. The Kier molecular flexibility index (Phi) is 4.30. The van der Waals surface area contributed by atoms with Crippen LogP contribution >= 0.6 is 0 Å². The quantitative estimate of drug-likeness (QED) is 0.779. The minimum absolute atomic E-state index is 0.0189. The van der Waals surface area contributed by atoms with E-state index in [-0.39, 0.29) is 19.4 Å². The van der Waals surface area contributed by atoms with E-state index in [1.807, 2.05) is 0 Å². The number of halogens is 3. The van der Waals surface area contributed by atoms with E-state index in [4.69, 9.17) is 5.11 Å². The van der Waals surface area contributed by atoms with Gasteiger partial charge in [0.15, 0.2) is 17.5 Å². The fraction of sp³-hybridized carbons (Fsp3) is 0.300. The van der Waals surface area contributed by atoms with Gasteiger partial charge < -0.3 is 10.4 Å². The van der Waals surface area contributed by atoms with Gasteiger partial charge in [-0.2, -0.15) is 0 Å². The van der Waals surface area contributed by atoms with Gasteiger partial charge in [0.05, 0.1) is 5.69 Å². The molecule has 0 spiro atoms. The molecule has 1 aromatic carbocycles. The molecule has 0 aromatic heterocycles. The highest BCUT2D eigenvalue weighted by atomic mass is 19.2. The molecule has 1 rings (SSSR count). The molecule has 0 saturated heterocycles. The molecule has 0 atom stereocenters. The molecule has 0 heterocycles. The molecular formula is C10H10F3NO2. The number of anilines is 1. The summed E-state index contributed by atoms with van der Waals surface area (Å²) in [5.41, 5.74) is -0.415. The minimum Gasteiger partial charge on any atom is -0.396 e. The Morgan fingerprint density at radius 1 is 1.25 bits per heavy atom. The number of carbonyl (C=O) groups excluding carboxylic acids is 1. The first-order valence-electron chi connectivity index (χ1n) is 4.60. The normalized spacial score (nSPS) is 10.2. The maximum Gasteiger partial charge on any atom is 0.224 e. The lowest BCUT2D eigenvalue weighted by atomic mass is 10.2. The third kappa shape index (κ3) is 2.96. The van der Waals surface area contributed by atoms with Crippen LogP contribution in [0.4, 0.5) is 18.9 Å². The van der Waals surface area contributed by atoms with Gasteiger partial charge in [-0.3, -0.25) is 4.79 Å². The van der Waals surface area contributed by atoms with Crippen molar-refractivity contribution in [2.75, 3.05) is 11.9 Å². The summed E-state index contributed by atoms with van der Waals surface area (Å²) in [5, 5.41) is 10.5. The lowest BCUT2D eigenvalue weighted by molar-refractivity contribution is -0.116. The molecule has 88 valence electrons. The Morgan fingerprint density at radius 2 is 1.94 bits per heavy atom. The smallest absolute Gasteiger partial charge is 0.224 e.